The van der Waals surface area contributed by atoms with Crippen molar-refractivity contribution in [3.8, 4) is 0 Å². The molecule has 0 spiro atoms. The van der Waals surface area contributed by atoms with Crippen LogP contribution in [0.5, 0.6) is 0 Å². The monoisotopic (exact) mass is 429 g/mol. The summed E-state index contributed by atoms with van der Waals surface area (Å²) in [5.74, 6) is -0.125. The first-order valence-electron chi connectivity index (χ1n) is 10.7. The molecule has 2 bridgehead atoms. The molecule has 4 aliphatic carbocycles. The zero-order valence-electron chi connectivity index (χ0n) is 16.9. The van der Waals surface area contributed by atoms with Crippen LogP contribution < -0.4 is 10.2 Å². The van der Waals surface area contributed by atoms with E-state index in [1.165, 1.54) is 29.2 Å². The van der Waals surface area contributed by atoms with Gasteiger partial charge in [0.15, 0.2) is 0 Å². The van der Waals surface area contributed by atoms with Crippen molar-refractivity contribution in [2.75, 3.05) is 10.2 Å². The highest BCUT2D eigenvalue weighted by Crippen LogP contribution is 2.65. The largest absolute Gasteiger partial charge is 0.322 e. The van der Waals surface area contributed by atoms with Crippen LogP contribution in [0.15, 0.2) is 60.7 Å². The molecule has 1 N–H and O–H groups in total. The van der Waals surface area contributed by atoms with Crippen LogP contribution in [-0.2, 0) is 9.59 Å². The summed E-state index contributed by atoms with van der Waals surface area (Å²) in [6.45, 7) is 0. The maximum Gasteiger partial charge on any atom is 0.271 e. The number of carbonyl (C=O) groups is 3. The highest BCUT2D eigenvalue weighted by Gasteiger charge is 2.67. The molecule has 32 heavy (non-hydrogen) atoms. The van der Waals surface area contributed by atoms with E-state index in [1.54, 1.807) is 24.3 Å². The first-order chi connectivity index (χ1) is 15.4. The molecule has 1 aliphatic heterocycles. The average Bonchev–Trinajstić information content (AvgIpc) is 3.57. The molecule has 6 atom stereocenters. The molecule has 8 heteroatoms. The average molecular weight is 429 g/mol. The van der Waals surface area contributed by atoms with Gasteiger partial charge in [-0.3, -0.25) is 24.5 Å². The van der Waals surface area contributed by atoms with E-state index in [1.807, 2.05) is 0 Å². The SMILES string of the molecule is O=C(Nc1cccc([N+](=O)[O-])c1)c1cccc(N2C(=O)[C@@H]3[C@H]4C=C[C@H]([C@H]5C[C@H]45)[C@@H]3C2=O)c1. The van der Waals surface area contributed by atoms with E-state index < -0.39 is 10.8 Å². The zero-order chi connectivity index (χ0) is 22.1. The Morgan fingerprint density at radius 2 is 1.62 bits per heavy atom. The van der Waals surface area contributed by atoms with Crippen molar-refractivity contribution < 1.29 is 19.3 Å². The zero-order valence-corrected chi connectivity index (χ0v) is 16.9. The molecule has 0 aromatic heterocycles. The van der Waals surface area contributed by atoms with Gasteiger partial charge in [0.05, 0.1) is 22.4 Å². The van der Waals surface area contributed by atoms with Crippen molar-refractivity contribution in [3.63, 3.8) is 0 Å². The Morgan fingerprint density at radius 3 is 2.28 bits per heavy atom. The minimum absolute atomic E-state index is 0.131. The number of rotatable bonds is 4. The Bertz CT molecular complexity index is 1200. The quantitative estimate of drug-likeness (QED) is 0.347. The van der Waals surface area contributed by atoms with E-state index in [0.717, 1.165) is 6.42 Å². The normalized spacial score (nSPS) is 31.3. The molecular formula is C24H19N3O5. The first-order valence-corrected chi connectivity index (χ1v) is 10.7. The van der Waals surface area contributed by atoms with Crippen molar-refractivity contribution in [1.29, 1.82) is 0 Å². The van der Waals surface area contributed by atoms with E-state index >= 15 is 0 Å². The third-order valence-electron chi connectivity index (χ3n) is 7.34. The van der Waals surface area contributed by atoms with E-state index in [2.05, 4.69) is 17.5 Å². The summed E-state index contributed by atoms with van der Waals surface area (Å²) in [6.07, 6.45) is 5.35. The molecule has 1 saturated heterocycles. The number of benzene rings is 2. The Morgan fingerprint density at radius 1 is 0.969 bits per heavy atom. The van der Waals surface area contributed by atoms with Gasteiger partial charge >= 0.3 is 0 Å². The summed E-state index contributed by atoms with van der Waals surface area (Å²) >= 11 is 0. The molecule has 5 aliphatic rings. The van der Waals surface area contributed by atoms with Crippen molar-refractivity contribution in [3.05, 3.63) is 76.4 Å². The number of amides is 3. The van der Waals surface area contributed by atoms with E-state index in [4.69, 9.17) is 0 Å². The molecule has 0 radical (unpaired) electrons. The Balaban J connectivity index is 1.27. The van der Waals surface area contributed by atoms with Crippen LogP contribution in [0, 0.1) is 45.6 Å². The number of imide groups is 1. The molecular weight excluding hydrogens is 410 g/mol. The van der Waals surface area contributed by atoms with Crippen LogP contribution in [0.1, 0.15) is 16.8 Å². The van der Waals surface area contributed by atoms with Gasteiger partial charge in [0, 0.05) is 23.4 Å². The van der Waals surface area contributed by atoms with Gasteiger partial charge in [-0.15, -0.1) is 0 Å². The molecule has 3 amide bonds. The highest BCUT2D eigenvalue weighted by atomic mass is 16.6. The Hall–Kier alpha value is -3.81. The van der Waals surface area contributed by atoms with Gasteiger partial charge in [0.1, 0.15) is 0 Å². The summed E-state index contributed by atoms with van der Waals surface area (Å²) in [5.41, 5.74) is 0.798. The lowest BCUT2D eigenvalue weighted by Gasteiger charge is -2.37. The van der Waals surface area contributed by atoms with Gasteiger partial charge in [-0.25, -0.2) is 4.90 Å². The second kappa shape index (κ2) is 6.59. The summed E-state index contributed by atoms with van der Waals surface area (Å²) in [6, 6.07) is 12.0. The fraction of sp³-hybridized carbons (Fsp3) is 0.292. The lowest BCUT2D eigenvalue weighted by atomic mass is 9.63. The molecule has 2 aromatic rings. The van der Waals surface area contributed by atoms with Crippen LogP contribution in [0.3, 0.4) is 0 Å². The fourth-order valence-corrected chi connectivity index (χ4v) is 5.90. The number of hydrogen-bond donors (Lipinski definition) is 1. The topological polar surface area (TPSA) is 110 Å². The van der Waals surface area contributed by atoms with E-state index in [0.29, 0.717) is 17.5 Å². The molecule has 160 valence electrons. The van der Waals surface area contributed by atoms with Gasteiger partial charge in [-0.2, -0.15) is 0 Å². The lowest BCUT2D eigenvalue weighted by molar-refractivity contribution is -0.384. The third-order valence-corrected chi connectivity index (χ3v) is 7.34. The number of nitrogens with zero attached hydrogens (tertiary/aromatic N) is 2. The molecule has 0 unspecified atom stereocenters. The molecule has 8 nitrogen and oxygen atoms in total. The van der Waals surface area contributed by atoms with Gasteiger partial charge in [0.25, 0.3) is 11.6 Å². The number of non-ortho nitro benzene ring substituents is 1. The maximum absolute atomic E-state index is 13.3. The smallest absolute Gasteiger partial charge is 0.271 e. The van der Waals surface area contributed by atoms with Crippen molar-refractivity contribution in [2.45, 2.75) is 6.42 Å². The van der Waals surface area contributed by atoms with Gasteiger partial charge in [-0.05, 0) is 54.4 Å². The van der Waals surface area contributed by atoms with E-state index in [-0.39, 0.29) is 52.4 Å². The van der Waals surface area contributed by atoms with Crippen molar-refractivity contribution >= 4 is 34.8 Å². The summed E-state index contributed by atoms with van der Waals surface area (Å²) < 4.78 is 0. The van der Waals surface area contributed by atoms with Crippen LogP contribution in [0.2, 0.25) is 0 Å². The summed E-state index contributed by atoms with van der Waals surface area (Å²) in [4.78, 5) is 51.0. The fourth-order valence-electron chi connectivity index (χ4n) is 5.90. The molecule has 7 rings (SSSR count). The Kier molecular flexibility index (Phi) is 3.90. The minimum Gasteiger partial charge on any atom is -0.322 e. The summed E-state index contributed by atoms with van der Waals surface area (Å²) in [7, 11) is 0. The van der Waals surface area contributed by atoms with Crippen LogP contribution in [0.4, 0.5) is 17.1 Å². The first kappa shape index (κ1) is 18.9. The number of carbonyl (C=O) groups excluding carboxylic acids is 3. The maximum atomic E-state index is 13.3. The van der Waals surface area contributed by atoms with Crippen LogP contribution >= 0.6 is 0 Å². The number of nitro groups is 1. The molecule has 2 saturated carbocycles. The number of nitrogens with one attached hydrogen (secondary N) is 1. The highest BCUT2D eigenvalue weighted by molar-refractivity contribution is 6.23. The van der Waals surface area contributed by atoms with Crippen molar-refractivity contribution in [2.24, 2.45) is 35.5 Å². The standard InChI is InChI=1S/C24H19N3O5/c28-22(25-13-4-2-6-15(10-13)27(31)32)12-3-1-5-14(9-12)26-23(29)20-16-7-8-17(19-11-18(16)19)21(20)24(26)30/h1-10,16-21H,11H2,(H,25,28)/t16-,17+,18-,19-,20+,21-/m1/s1. The van der Waals surface area contributed by atoms with Crippen LogP contribution in [-0.4, -0.2) is 22.6 Å². The minimum atomic E-state index is -0.535. The second-order valence-corrected chi connectivity index (χ2v) is 8.98. The Labute approximate surface area is 183 Å². The number of anilines is 2. The van der Waals surface area contributed by atoms with Gasteiger partial charge in [0.2, 0.25) is 11.8 Å². The van der Waals surface area contributed by atoms with Crippen molar-refractivity contribution in [1.82, 2.24) is 0 Å². The number of hydrogen-bond acceptors (Lipinski definition) is 5. The molecule has 3 fully saturated rings. The second-order valence-electron chi connectivity index (χ2n) is 8.98. The predicted octanol–water partition coefficient (Wildman–Crippen LogP) is 3.40. The van der Waals surface area contributed by atoms with E-state index in [9.17, 15) is 24.5 Å². The number of nitro benzene ring substituents is 1. The third kappa shape index (κ3) is 2.65. The van der Waals surface area contributed by atoms with Crippen LogP contribution in [0.25, 0.3) is 0 Å². The van der Waals surface area contributed by atoms with Gasteiger partial charge < -0.3 is 5.32 Å². The lowest BCUT2D eigenvalue weighted by Crippen LogP contribution is -2.40. The number of allylic oxidation sites excluding steroid dienone is 2. The molecule has 1 heterocycles. The predicted molar refractivity (Wildman–Crippen MR) is 115 cm³/mol. The summed E-state index contributed by atoms with van der Waals surface area (Å²) in [5, 5.41) is 13.6. The molecule has 2 aromatic carbocycles. The van der Waals surface area contributed by atoms with Gasteiger partial charge in [-0.1, -0.05) is 24.3 Å².